The molecule has 0 saturated carbocycles. The number of benzene rings is 1. The van der Waals surface area contributed by atoms with E-state index in [1.165, 1.54) is 17.3 Å². The molecule has 8 heteroatoms. The molecule has 1 N–H and O–H groups in total. The number of thioether (sulfide) groups is 1. The van der Waals surface area contributed by atoms with Crippen LogP contribution in [-0.2, 0) is 11.2 Å². The number of fused-ring (bicyclic) bond motifs is 1. The van der Waals surface area contributed by atoms with Crippen molar-refractivity contribution in [3.05, 3.63) is 41.2 Å². The van der Waals surface area contributed by atoms with Crippen LogP contribution in [0.15, 0.2) is 29.4 Å². The average Bonchev–Trinajstić information content (AvgIpc) is 3.09. The molecular weight excluding hydrogens is 374 g/mol. The van der Waals surface area contributed by atoms with Crippen LogP contribution in [0.3, 0.4) is 0 Å². The molecule has 0 bridgehead atoms. The van der Waals surface area contributed by atoms with Gasteiger partial charge in [0.05, 0.1) is 12.9 Å². The predicted octanol–water partition coefficient (Wildman–Crippen LogP) is 3.82. The Hall–Kier alpha value is -2.61. The van der Waals surface area contributed by atoms with Crippen molar-refractivity contribution in [3.8, 4) is 5.75 Å². The fourth-order valence-electron chi connectivity index (χ4n) is 2.99. The van der Waals surface area contributed by atoms with Crippen LogP contribution in [-0.4, -0.2) is 38.4 Å². The molecule has 28 heavy (non-hydrogen) atoms. The predicted molar refractivity (Wildman–Crippen MR) is 111 cm³/mol. The van der Waals surface area contributed by atoms with Crippen LogP contribution in [0.5, 0.6) is 5.75 Å². The molecule has 3 aromatic rings. The molecule has 1 aromatic carbocycles. The number of nitrogens with one attached hydrogen (secondary N) is 1. The van der Waals surface area contributed by atoms with E-state index >= 15 is 0 Å². The highest BCUT2D eigenvalue weighted by molar-refractivity contribution is 7.99. The van der Waals surface area contributed by atoms with Crippen molar-refractivity contribution in [2.75, 3.05) is 18.2 Å². The van der Waals surface area contributed by atoms with Gasteiger partial charge < -0.3 is 10.1 Å². The number of aromatic nitrogens is 4. The summed E-state index contributed by atoms with van der Waals surface area (Å²) in [6, 6.07) is 7.26. The normalized spacial score (nSPS) is 11.0. The van der Waals surface area contributed by atoms with Gasteiger partial charge >= 0.3 is 0 Å². The van der Waals surface area contributed by atoms with Crippen molar-refractivity contribution in [2.24, 2.45) is 0 Å². The first-order chi connectivity index (χ1) is 13.5. The van der Waals surface area contributed by atoms with E-state index in [0.29, 0.717) is 22.4 Å². The minimum Gasteiger partial charge on any atom is -0.497 e. The molecule has 0 saturated heterocycles. The largest absolute Gasteiger partial charge is 0.497 e. The maximum absolute atomic E-state index is 12.2. The molecule has 7 nitrogen and oxygen atoms in total. The van der Waals surface area contributed by atoms with E-state index in [-0.39, 0.29) is 11.7 Å². The lowest BCUT2D eigenvalue weighted by Gasteiger charge is -2.09. The molecule has 0 aliphatic carbocycles. The van der Waals surface area contributed by atoms with Gasteiger partial charge in [-0.05, 0) is 44.4 Å². The smallest absolute Gasteiger partial charge is 0.253 e. The second-order valence-electron chi connectivity index (χ2n) is 6.54. The van der Waals surface area contributed by atoms with Crippen LogP contribution in [0.2, 0.25) is 0 Å². The number of hydrogen-bond acceptors (Lipinski definition) is 6. The van der Waals surface area contributed by atoms with Gasteiger partial charge in [-0.3, -0.25) is 4.79 Å². The lowest BCUT2D eigenvalue weighted by Crippen LogP contribution is -2.14. The Morgan fingerprint density at radius 1 is 1.29 bits per heavy atom. The molecule has 0 aliphatic rings. The fourth-order valence-corrected chi connectivity index (χ4v) is 3.61. The highest BCUT2D eigenvalue weighted by Crippen LogP contribution is 2.21. The van der Waals surface area contributed by atoms with E-state index in [1.807, 2.05) is 32.0 Å². The van der Waals surface area contributed by atoms with Crippen LogP contribution in [0, 0.1) is 13.8 Å². The molecule has 0 unspecified atom stereocenters. The number of ether oxygens (including phenoxy) is 1. The Morgan fingerprint density at radius 2 is 2.11 bits per heavy atom. The zero-order valence-corrected chi connectivity index (χ0v) is 17.5. The van der Waals surface area contributed by atoms with E-state index in [2.05, 4.69) is 27.3 Å². The maximum Gasteiger partial charge on any atom is 0.253 e. The Bertz CT molecular complexity index is 986. The first-order valence-electron chi connectivity index (χ1n) is 9.31. The minimum atomic E-state index is -0.124. The second kappa shape index (κ2) is 9.05. The summed E-state index contributed by atoms with van der Waals surface area (Å²) in [5.74, 6) is 1.37. The lowest BCUT2D eigenvalue weighted by atomic mass is 10.1. The van der Waals surface area contributed by atoms with Crippen LogP contribution < -0.4 is 10.1 Å². The van der Waals surface area contributed by atoms with Crippen molar-refractivity contribution < 1.29 is 9.53 Å². The van der Waals surface area contributed by atoms with Gasteiger partial charge in [-0.15, -0.1) is 5.10 Å². The monoisotopic (exact) mass is 399 g/mol. The van der Waals surface area contributed by atoms with Gasteiger partial charge in [-0.1, -0.05) is 31.2 Å². The number of aryl methyl sites for hydroxylation is 2. The summed E-state index contributed by atoms with van der Waals surface area (Å²) in [6.45, 7) is 6.24. The van der Waals surface area contributed by atoms with Crippen LogP contribution in [0.1, 0.15) is 36.7 Å². The summed E-state index contributed by atoms with van der Waals surface area (Å²) < 4.78 is 6.95. The number of amides is 1. The molecule has 0 aliphatic heterocycles. The number of nitrogens with zero attached hydrogens (tertiary/aromatic N) is 4. The third kappa shape index (κ3) is 4.62. The number of unbranched alkanes of at least 4 members (excludes halogenated alkanes) is 1. The molecule has 2 heterocycles. The first-order valence-corrected chi connectivity index (χ1v) is 10.3. The summed E-state index contributed by atoms with van der Waals surface area (Å²) in [7, 11) is 1.59. The summed E-state index contributed by atoms with van der Waals surface area (Å²) in [6.07, 6.45) is 3.25. The third-order valence-electron chi connectivity index (χ3n) is 4.50. The number of methoxy groups -OCH3 is 1. The van der Waals surface area contributed by atoms with Gasteiger partial charge in [0.2, 0.25) is 11.1 Å². The third-order valence-corrected chi connectivity index (χ3v) is 5.33. The number of hydrogen-bond donors (Lipinski definition) is 1. The summed E-state index contributed by atoms with van der Waals surface area (Å²) in [5, 5.41) is 7.94. The van der Waals surface area contributed by atoms with Crippen LogP contribution in [0.25, 0.3) is 5.78 Å². The van der Waals surface area contributed by atoms with Crippen molar-refractivity contribution in [2.45, 2.75) is 45.2 Å². The molecule has 0 radical (unpaired) electrons. The van der Waals surface area contributed by atoms with Gasteiger partial charge in [0.15, 0.2) is 0 Å². The van der Waals surface area contributed by atoms with Gasteiger partial charge in [-0.2, -0.15) is 4.98 Å². The standard InChI is InChI=1S/C20H25N5O2S/c1-5-6-10-17-13(2)21-19-23-20(24-25(19)14(17)3)28-12-18(26)22-15-8-7-9-16(11-15)27-4/h7-9,11H,5-6,10,12H2,1-4H3,(H,22,26). The van der Waals surface area contributed by atoms with Crippen molar-refractivity contribution in [1.82, 2.24) is 19.6 Å². The van der Waals surface area contributed by atoms with Gasteiger partial charge in [0.1, 0.15) is 5.75 Å². The Balaban J connectivity index is 1.68. The first kappa shape index (κ1) is 20.1. The quantitative estimate of drug-likeness (QED) is 0.580. The zero-order chi connectivity index (χ0) is 20.1. The van der Waals surface area contributed by atoms with E-state index in [1.54, 1.807) is 17.7 Å². The number of carbonyl (C=O) groups excluding carboxylic acids is 1. The van der Waals surface area contributed by atoms with Crippen LogP contribution in [0.4, 0.5) is 5.69 Å². The molecule has 148 valence electrons. The van der Waals surface area contributed by atoms with Crippen molar-refractivity contribution in [1.29, 1.82) is 0 Å². The van der Waals surface area contributed by atoms with Crippen LogP contribution >= 0.6 is 11.8 Å². The average molecular weight is 400 g/mol. The fraction of sp³-hybridized carbons (Fsp3) is 0.400. The molecule has 2 aromatic heterocycles. The number of rotatable bonds is 8. The summed E-state index contributed by atoms with van der Waals surface area (Å²) in [5.41, 5.74) is 3.99. The van der Waals surface area contributed by atoms with Crippen molar-refractivity contribution >= 4 is 29.1 Å². The molecule has 0 spiro atoms. The lowest BCUT2D eigenvalue weighted by molar-refractivity contribution is -0.113. The Labute approximate surface area is 168 Å². The summed E-state index contributed by atoms with van der Waals surface area (Å²) in [4.78, 5) is 21.3. The molecular formula is C20H25N5O2S. The second-order valence-corrected chi connectivity index (χ2v) is 7.48. The molecule has 1 amide bonds. The van der Waals surface area contributed by atoms with E-state index in [0.717, 1.165) is 30.7 Å². The van der Waals surface area contributed by atoms with E-state index in [9.17, 15) is 4.79 Å². The highest BCUT2D eigenvalue weighted by atomic mass is 32.2. The molecule has 0 fully saturated rings. The topological polar surface area (TPSA) is 81.4 Å². The SMILES string of the molecule is CCCCc1c(C)nc2nc(SCC(=O)Nc3cccc(OC)c3)nn2c1C. The molecule has 3 rings (SSSR count). The number of carbonyl (C=O) groups is 1. The van der Waals surface area contributed by atoms with E-state index in [4.69, 9.17) is 4.74 Å². The maximum atomic E-state index is 12.2. The molecule has 0 atom stereocenters. The van der Waals surface area contributed by atoms with Crippen molar-refractivity contribution in [3.63, 3.8) is 0 Å². The zero-order valence-electron chi connectivity index (χ0n) is 16.7. The Kier molecular flexibility index (Phi) is 6.51. The van der Waals surface area contributed by atoms with Gasteiger partial charge in [-0.25, -0.2) is 9.50 Å². The highest BCUT2D eigenvalue weighted by Gasteiger charge is 2.14. The van der Waals surface area contributed by atoms with E-state index < -0.39 is 0 Å². The van der Waals surface area contributed by atoms with Gasteiger partial charge in [0, 0.05) is 23.1 Å². The number of anilines is 1. The minimum absolute atomic E-state index is 0.124. The van der Waals surface area contributed by atoms with Gasteiger partial charge in [0.25, 0.3) is 5.78 Å². The Morgan fingerprint density at radius 3 is 2.86 bits per heavy atom. The summed E-state index contributed by atoms with van der Waals surface area (Å²) >= 11 is 1.30.